The molecule has 0 saturated carbocycles. The van der Waals surface area contributed by atoms with Crippen molar-refractivity contribution >= 4 is 11.6 Å². The quantitative estimate of drug-likeness (QED) is 0.835. The van der Waals surface area contributed by atoms with Crippen LogP contribution in [0.5, 0.6) is 5.75 Å². The fourth-order valence-electron chi connectivity index (χ4n) is 2.47. The number of hydrogen-bond donors (Lipinski definition) is 2. The van der Waals surface area contributed by atoms with Crippen LogP contribution in [0, 0.1) is 0 Å². The van der Waals surface area contributed by atoms with Gasteiger partial charge in [-0.2, -0.15) is 0 Å². The molecule has 1 saturated heterocycles. The van der Waals surface area contributed by atoms with Crippen LogP contribution in [0.3, 0.4) is 0 Å². The largest absolute Gasteiger partial charge is 0.497 e. The van der Waals surface area contributed by atoms with Crippen LogP contribution in [0.4, 0.5) is 5.69 Å². The zero-order chi connectivity index (χ0) is 13.8. The predicted octanol–water partition coefficient (Wildman–Crippen LogP) is 0.608. The molecule has 0 aromatic heterocycles. The van der Waals surface area contributed by atoms with Gasteiger partial charge in [-0.05, 0) is 38.2 Å². The second kappa shape index (κ2) is 5.93. The van der Waals surface area contributed by atoms with E-state index >= 15 is 0 Å². The van der Waals surface area contributed by atoms with E-state index < -0.39 is 0 Å². The Morgan fingerprint density at radius 3 is 2.68 bits per heavy atom. The number of piperazine rings is 1. The Balaban J connectivity index is 2.27. The molecule has 1 aliphatic heterocycles. The number of ether oxygens (including phenoxy) is 1. The van der Waals surface area contributed by atoms with Gasteiger partial charge in [0.05, 0.1) is 7.11 Å². The molecule has 2 N–H and O–H groups in total. The fourth-order valence-corrected chi connectivity index (χ4v) is 2.47. The highest BCUT2D eigenvalue weighted by Crippen LogP contribution is 2.24. The van der Waals surface area contributed by atoms with E-state index in [1.54, 1.807) is 7.11 Å². The number of rotatable bonds is 4. The van der Waals surface area contributed by atoms with Crippen molar-refractivity contribution in [2.24, 2.45) is 0 Å². The second-order valence-corrected chi connectivity index (χ2v) is 4.77. The predicted molar refractivity (Wildman–Crippen MR) is 75.7 cm³/mol. The van der Waals surface area contributed by atoms with Gasteiger partial charge in [-0.3, -0.25) is 4.79 Å². The normalized spacial score (nSPS) is 23.1. The van der Waals surface area contributed by atoms with Gasteiger partial charge >= 0.3 is 0 Å². The van der Waals surface area contributed by atoms with E-state index in [9.17, 15) is 4.79 Å². The first-order chi connectivity index (χ1) is 9.17. The van der Waals surface area contributed by atoms with E-state index in [0.717, 1.165) is 11.4 Å². The van der Waals surface area contributed by atoms with Crippen molar-refractivity contribution < 1.29 is 9.53 Å². The molecular weight excluding hydrogens is 242 g/mol. The van der Waals surface area contributed by atoms with Crippen LogP contribution in [0.1, 0.15) is 6.92 Å². The molecule has 1 aromatic rings. The van der Waals surface area contributed by atoms with E-state index in [2.05, 4.69) is 22.5 Å². The van der Waals surface area contributed by atoms with Gasteiger partial charge in [0.15, 0.2) is 0 Å². The van der Waals surface area contributed by atoms with Crippen LogP contribution in [-0.2, 0) is 4.79 Å². The number of carbonyl (C=O) groups excluding carboxylic acids is 1. The Bertz CT molecular complexity index is 433. The van der Waals surface area contributed by atoms with E-state index in [1.165, 1.54) is 0 Å². The lowest BCUT2D eigenvalue weighted by Crippen LogP contribution is -2.62. The molecule has 5 nitrogen and oxygen atoms in total. The molecule has 1 aromatic carbocycles. The summed E-state index contributed by atoms with van der Waals surface area (Å²) in [5, 5.41) is 6.03. The number of nitrogens with zero attached hydrogens (tertiary/aromatic N) is 1. The number of methoxy groups -OCH3 is 1. The molecule has 104 valence electrons. The summed E-state index contributed by atoms with van der Waals surface area (Å²) in [6.45, 7) is 3.42. The Kier molecular flexibility index (Phi) is 4.27. The molecule has 2 rings (SSSR count). The third-order valence-electron chi connectivity index (χ3n) is 3.45. The van der Waals surface area contributed by atoms with E-state index in [-0.39, 0.29) is 18.0 Å². The molecule has 1 amide bonds. The second-order valence-electron chi connectivity index (χ2n) is 4.77. The first kappa shape index (κ1) is 13.7. The number of benzene rings is 1. The maximum absolute atomic E-state index is 12.0. The molecule has 19 heavy (non-hydrogen) atoms. The Morgan fingerprint density at radius 1 is 1.42 bits per heavy atom. The summed E-state index contributed by atoms with van der Waals surface area (Å²) in [5.41, 5.74) is 1.04. The fraction of sp³-hybridized carbons (Fsp3) is 0.500. The van der Waals surface area contributed by atoms with Gasteiger partial charge in [0, 0.05) is 24.8 Å². The van der Waals surface area contributed by atoms with Crippen molar-refractivity contribution in [3.63, 3.8) is 0 Å². The highest BCUT2D eigenvalue weighted by atomic mass is 16.5. The van der Waals surface area contributed by atoms with Crippen LogP contribution < -0.4 is 20.3 Å². The Morgan fingerprint density at radius 2 is 2.11 bits per heavy atom. The lowest BCUT2D eigenvalue weighted by molar-refractivity contribution is -0.123. The Labute approximate surface area is 113 Å². The number of amides is 1. The molecule has 2 unspecified atom stereocenters. The summed E-state index contributed by atoms with van der Waals surface area (Å²) < 4.78 is 5.17. The highest BCUT2D eigenvalue weighted by molar-refractivity contribution is 5.87. The van der Waals surface area contributed by atoms with Crippen LogP contribution in [0.2, 0.25) is 0 Å². The number of carbonyl (C=O) groups is 1. The molecule has 1 aliphatic rings. The molecule has 5 heteroatoms. The number of nitrogens with one attached hydrogen (secondary N) is 2. The van der Waals surface area contributed by atoms with Crippen LogP contribution in [-0.4, -0.2) is 45.2 Å². The minimum atomic E-state index is -0.179. The van der Waals surface area contributed by atoms with Crippen molar-refractivity contribution in [2.75, 3.05) is 32.1 Å². The maximum atomic E-state index is 12.0. The van der Waals surface area contributed by atoms with Gasteiger partial charge in [0.2, 0.25) is 5.91 Å². The smallest absolute Gasteiger partial charge is 0.244 e. The van der Waals surface area contributed by atoms with Gasteiger partial charge in [0.1, 0.15) is 11.8 Å². The van der Waals surface area contributed by atoms with Crippen LogP contribution >= 0.6 is 0 Å². The van der Waals surface area contributed by atoms with Crippen LogP contribution in [0.25, 0.3) is 0 Å². The zero-order valence-electron chi connectivity index (χ0n) is 11.6. The highest BCUT2D eigenvalue weighted by Gasteiger charge is 2.33. The molecule has 0 radical (unpaired) electrons. The zero-order valence-corrected chi connectivity index (χ0v) is 11.6. The molecule has 1 fully saturated rings. The number of anilines is 1. The van der Waals surface area contributed by atoms with Crippen molar-refractivity contribution in [1.82, 2.24) is 10.6 Å². The molecule has 0 spiro atoms. The average molecular weight is 263 g/mol. The minimum Gasteiger partial charge on any atom is -0.497 e. The molecule has 0 bridgehead atoms. The van der Waals surface area contributed by atoms with Crippen molar-refractivity contribution in [2.45, 2.75) is 19.0 Å². The average Bonchev–Trinajstić information content (AvgIpc) is 2.44. The van der Waals surface area contributed by atoms with Gasteiger partial charge in [0.25, 0.3) is 0 Å². The minimum absolute atomic E-state index is 0.0725. The van der Waals surface area contributed by atoms with E-state index in [4.69, 9.17) is 4.74 Å². The standard InChI is InChI=1S/C14H21N3O2/c1-10-8-16-14(18)13(9-15-2)17(10)11-4-6-12(19-3)7-5-11/h4-7,10,13,15H,8-9H2,1-3H3,(H,16,18). The van der Waals surface area contributed by atoms with Crippen molar-refractivity contribution in [1.29, 1.82) is 0 Å². The molecule has 2 atom stereocenters. The SMILES string of the molecule is CNCC1C(=O)NCC(C)N1c1ccc(OC)cc1. The molecule has 1 heterocycles. The first-order valence-electron chi connectivity index (χ1n) is 6.52. The third-order valence-corrected chi connectivity index (χ3v) is 3.45. The van der Waals surface area contributed by atoms with Crippen molar-refractivity contribution in [3.05, 3.63) is 24.3 Å². The van der Waals surface area contributed by atoms with Gasteiger partial charge in [-0.1, -0.05) is 0 Å². The molecule has 0 aliphatic carbocycles. The van der Waals surface area contributed by atoms with Gasteiger partial charge in [-0.25, -0.2) is 0 Å². The molecular formula is C14H21N3O2. The van der Waals surface area contributed by atoms with Gasteiger partial charge < -0.3 is 20.3 Å². The van der Waals surface area contributed by atoms with E-state index in [0.29, 0.717) is 13.1 Å². The summed E-state index contributed by atoms with van der Waals surface area (Å²) in [6, 6.07) is 7.93. The summed E-state index contributed by atoms with van der Waals surface area (Å²) in [5.74, 6) is 0.895. The lowest BCUT2D eigenvalue weighted by Gasteiger charge is -2.41. The first-order valence-corrected chi connectivity index (χ1v) is 6.52. The third kappa shape index (κ3) is 2.81. The summed E-state index contributed by atoms with van der Waals surface area (Å²) >= 11 is 0. The number of likely N-dealkylation sites (N-methyl/N-ethyl adjacent to an activating group) is 1. The summed E-state index contributed by atoms with van der Waals surface area (Å²) in [7, 11) is 3.51. The van der Waals surface area contributed by atoms with Gasteiger partial charge in [-0.15, -0.1) is 0 Å². The van der Waals surface area contributed by atoms with E-state index in [1.807, 2.05) is 31.3 Å². The monoisotopic (exact) mass is 263 g/mol. The topological polar surface area (TPSA) is 53.6 Å². The summed E-state index contributed by atoms with van der Waals surface area (Å²) in [6.07, 6.45) is 0. The maximum Gasteiger partial charge on any atom is 0.244 e. The lowest BCUT2D eigenvalue weighted by atomic mass is 10.1. The summed E-state index contributed by atoms with van der Waals surface area (Å²) in [4.78, 5) is 14.2. The van der Waals surface area contributed by atoms with Crippen molar-refractivity contribution in [3.8, 4) is 5.75 Å². The van der Waals surface area contributed by atoms with Crippen LogP contribution in [0.15, 0.2) is 24.3 Å². The number of hydrogen-bond acceptors (Lipinski definition) is 4. The Hall–Kier alpha value is -1.75.